The summed E-state index contributed by atoms with van der Waals surface area (Å²) < 4.78 is 10.1. The molecule has 1 aliphatic heterocycles. The lowest BCUT2D eigenvalue weighted by Gasteiger charge is -1.79. The molecular formula is C4H8O2PS+. The van der Waals surface area contributed by atoms with E-state index >= 15 is 0 Å². The second-order valence-electron chi connectivity index (χ2n) is 1.60. The van der Waals surface area contributed by atoms with Crippen molar-refractivity contribution in [3.05, 3.63) is 0 Å². The summed E-state index contributed by atoms with van der Waals surface area (Å²) in [5.74, 6) is 0. The molecule has 0 amide bonds. The second-order valence-corrected chi connectivity index (χ2v) is 3.46. The van der Waals surface area contributed by atoms with Crippen molar-refractivity contribution in [1.82, 2.24) is 0 Å². The van der Waals surface area contributed by atoms with E-state index in [9.17, 15) is 0 Å². The third-order valence-electron chi connectivity index (χ3n) is 0.932. The van der Waals surface area contributed by atoms with Crippen LogP contribution in [0.5, 0.6) is 0 Å². The molecule has 8 heavy (non-hydrogen) atoms. The van der Waals surface area contributed by atoms with Gasteiger partial charge in [-0.3, -0.25) is 0 Å². The van der Waals surface area contributed by atoms with Gasteiger partial charge in [-0.05, 0) is 12.8 Å². The lowest BCUT2D eigenvalue weighted by Crippen LogP contribution is -1.82. The summed E-state index contributed by atoms with van der Waals surface area (Å²) in [4.78, 5) is 0. The Hall–Kier alpha value is 0.440. The Balaban J connectivity index is 2.27. The second kappa shape index (κ2) is 3.46. The molecule has 0 spiro atoms. The third-order valence-corrected chi connectivity index (χ3v) is 2.35. The predicted octanol–water partition coefficient (Wildman–Crippen LogP) is 1.59. The molecular weight excluding hydrogens is 143 g/mol. The van der Waals surface area contributed by atoms with Crippen LogP contribution in [-0.2, 0) is 20.9 Å². The molecule has 1 rings (SSSR count). The van der Waals surface area contributed by atoms with Crippen molar-refractivity contribution in [3.63, 3.8) is 0 Å². The summed E-state index contributed by atoms with van der Waals surface area (Å²) >= 11 is 4.80. The summed E-state index contributed by atoms with van der Waals surface area (Å²) in [6.07, 6.45) is 2.19. The van der Waals surface area contributed by atoms with Gasteiger partial charge in [0.2, 0.25) is 11.8 Å². The third kappa shape index (κ3) is 2.14. The van der Waals surface area contributed by atoms with Crippen LogP contribution in [0.25, 0.3) is 0 Å². The van der Waals surface area contributed by atoms with Gasteiger partial charge in [-0.15, -0.1) is 9.05 Å². The lowest BCUT2D eigenvalue weighted by molar-refractivity contribution is 0.310. The first kappa shape index (κ1) is 6.56. The zero-order chi connectivity index (χ0) is 5.82. The van der Waals surface area contributed by atoms with Gasteiger partial charge >= 0.3 is 7.15 Å². The molecule has 0 unspecified atom stereocenters. The molecule has 1 fully saturated rings. The normalized spacial score (nSPS) is 22.8. The molecule has 1 saturated heterocycles. The maximum atomic E-state index is 5.06. The van der Waals surface area contributed by atoms with Gasteiger partial charge in [-0.1, -0.05) is 0 Å². The Morgan fingerprint density at radius 1 is 1.12 bits per heavy atom. The zero-order valence-corrected chi connectivity index (χ0v) is 6.21. The van der Waals surface area contributed by atoms with Crippen molar-refractivity contribution in [2.24, 2.45) is 0 Å². The molecule has 0 bridgehead atoms. The summed E-state index contributed by atoms with van der Waals surface area (Å²) in [6.45, 7) is 1.57. The van der Waals surface area contributed by atoms with E-state index < -0.39 is 7.15 Å². The van der Waals surface area contributed by atoms with E-state index in [1.807, 2.05) is 0 Å². The summed E-state index contributed by atoms with van der Waals surface area (Å²) in [5.41, 5.74) is 0. The van der Waals surface area contributed by atoms with Gasteiger partial charge in [0.15, 0.2) is 0 Å². The van der Waals surface area contributed by atoms with Gasteiger partial charge in [-0.25, -0.2) is 0 Å². The molecule has 0 aromatic rings. The van der Waals surface area contributed by atoms with Crippen LogP contribution in [0.4, 0.5) is 0 Å². The van der Waals surface area contributed by atoms with Crippen molar-refractivity contribution in [2.75, 3.05) is 13.2 Å². The lowest BCUT2D eigenvalue weighted by atomic mass is 10.3. The van der Waals surface area contributed by atoms with Gasteiger partial charge in [0.1, 0.15) is 13.2 Å². The van der Waals surface area contributed by atoms with Crippen LogP contribution in [0.15, 0.2) is 0 Å². The van der Waals surface area contributed by atoms with Crippen molar-refractivity contribution >= 4 is 19.0 Å². The highest BCUT2D eigenvalue weighted by atomic mass is 32.4. The van der Waals surface area contributed by atoms with Crippen molar-refractivity contribution in [3.8, 4) is 0 Å². The van der Waals surface area contributed by atoms with Crippen LogP contribution in [0.3, 0.4) is 0 Å². The van der Waals surface area contributed by atoms with Gasteiger partial charge in [0.25, 0.3) is 0 Å². The van der Waals surface area contributed by atoms with Crippen LogP contribution in [0, 0.1) is 0 Å². The Kier molecular flexibility index (Phi) is 2.84. The first-order valence-corrected chi connectivity index (χ1v) is 4.82. The van der Waals surface area contributed by atoms with E-state index in [4.69, 9.17) is 20.9 Å². The average molecular weight is 151 g/mol. The van der Waals surface area contributed by atoms with Crippen LogP contribution in [-0.4, -0.2) is 13.2 Å². The Morgan fingerprint density at radius 2 is 1.62 bits per heavy atom. The minimum absolute atomic E-state index is 0.787. The first-order chi connectivity index (χ1) is 3.89. The molecule has 0 aromatic carbocycles. The number of rotatable bonds is 0. The molecule has 1 aliphatic rings. The van der Waals surface area contributed by atoms with E-state index in [2.05, 4.69) is 0 Å². The molecule has 0 radical (unpaired) electrons. The largest absolute Gasteiger partial charge is 0.521 e. The van der Waals surface area contributed by atoms with Gasteiger partial charge in [-0.2, -0.15) is 0 Å². The quantitative estimate of drug-likeness (QED) is 0.490. The number of hydrogen-bond donors (Lipinski definition) is 0. The van der Waals surface area contributed by atoms with Gasteiger partial charge in [0.05, 0.1) is 0 Å². The molecule has 4 heteroatoms. The SMILES string of the molecule is S=[P+]1OCCCCO1. The first-order valence-electron chi connectivity index (χ1n) is 2.63. The van der Waals surface area contributed by atoms with Crippen LogP contribution < -0.4 is 0 Å². The van der Waals surface area contributed by atoms with Crippen molar-refractivity contribution < 1.29 is 9.05 Å². The zero-order valence-electron chi connectivity index (χ0n) is 4.50. The topological polar surface area (TPSA) is 18.5 Å². The van der Waals surface area contributed by atoms with Gasteiger partial charge < -0.3 is 0 Å². The highest BCUT2D eigenvalue weighted by molar-refractivity contribution is 8.00. The van der Waals surface area contributed by atoms with Crippen LogP contribution >= 0.6 is 7.15 Å². The molecule has 1 heterocycles. The van der Waals surface area contributed by atoms with E-state index in [1.165, 1.54) is 0 Å². The minimum atomic E-state index is -0.935. The van der Waals surface area contributed by atoms with E-state index in [1.54, 1.807) is 0 Å². The standard InChI is InChI=1S/C4H8O2PS/c8-7-5-3-1-2-4-6-7/h1-4H2/q+1. The van der Waals surface area contributed by atoms with Crippen LogP contribution in [0.2, 0.25) is 0 Å². The number of hydrogen-bond acceptors (Lipinski definition) is 3. The van der Waals surface area contributed by atoms with Crippen molar-refractivity contribution in [2.45, 2.75) is 12.8 Å². The van der Waals surface area contributed by atoms with E-state index in [0.717, 1.165) is 26.1 Å². The maximum Gasteiger partial charge on any atom is 0.521 e. The summed E-state index contributed by atoms with van der Waals surface area (Å²) in [5, 5.41) is 0. The smallest absolute Gasteiger partial charge is 0.142 e. The fourth-order valence-corrected chi connectivity index (χ4v) is 1.60. The summed E-state index contributed by atoms with van der Waals surface area (Å²) in [6, 6.07) is 0. The fourth-order valence-electron chi connectivity index (χ4n) is 0.520. The van der Waals surface area contributed by atoms with E-state index in [-0.39, 0.29) is 0 Å². The molecule has 0 atom stereocenters. The van der Waals surface area contributed by atoms with E-state index in [0.29, 0.717) is 0 Å². The Morgan fingerprint density at radius 3 is 2.12 bits per heavy atom. The Bertz CT molecular complexity index is 86.0. The predicted molar refractivity (Wildman–Crippen MR) is 35.4 cm³/mol. The molecule has 0 aliphatic carbocycles. The van der Waals surface area contributed by atoms with Crippen LogP contribution in [0.1, 0.15) is 12.8 Å². The minimum Gasteiger partial charge on any atom is -0.142 e. The molecule has 0 aromatic heterocycles. The maximum absolute atomic E-state index is 5.06. The average Bonchev–Trinajstić information content (AvgIpc) is 1.94. The summed E-state index contributed by atoms with van der Waals surface area (Å²) in [7, 11) is -0.935. The Labute approximate surface area is 54.8 Å². The molecule has 2 nitrogen and oxygen atoms in total. The monoisotopic (exact) mass is 151 g/mol. The highest BCUT2D eigenvalue weighted by Gasteiger charge is 2.16. The highest BCUT2D eigenvalue weighted by Crippen LogP contribution is 2.27. The van der Waals surface area contributed by atoms with Crippen molar-refractivity contribution in [1.29, 1.82) is 0 Å². The molecule has 0 saturated carbocycles. The molecule has 0 N–H and O–H groups in total. The fraction of sp³-hybridized carbons (Fsp3) is 1.00. The molecule has 46 valence electrons. The van der Waals surface area contributed by atoms with Gasteiger partial charge in [0, 0.05) is 0 Å².